The van der Waals surface area contributed by atoms with Crippen molar-refractivity contribution in [1.82, 2.24) is 0 Å². The molecular formula is C56H39N. The lowest BCUT2D eigenvalue weighted by atomic mass is 9.89. The van der Waals surface area contributed by atoms with Crippen molar-refractivity contribution in [3.05, 3.63) is 236 Å². The SMILES string of the molecule is [2H]c1c([2H])c(-c2cccc3ccccc23)c([2H])c(N(c2ccc(-c3c(-c4ccccc4)ccc4ccccc34)cc2)c2c([2H])c([2H])c(-c3cccc(-c4ccccc4)c3)c([2H])c2[2H])c1[2H]. The maximum absolute atomic E-state index is 9.91. The van der Waals surface area contributed by atoms with Gasteiger partial charge in [0.15, 0.2) is 0 Å². The van der Waals surface area contributed by atoms with Gasteiger partial charge in [-0.25, -0.2) is 0 Å². The Labute approximate surface area is 345 Å². The topological polar surface area (TPSA) is 3.24 Å². The summed E-state index contributed by atoms with van der Waals surface area (Å²) in [5, 5.41) is 3.72. The van der Waals surface area contributed by atoms with Crippen LogP contribution in [0.2, 0.25) is 0 Å². The van der Waals surface area contributed by atoms with Crippen LogP contribution in [0.25, 0.3) is 77.2 Å². The van der Waals surface area contributed by atoms with Gasteiger partial charge < -0.3 is 4.90 Å². The van der Waals surface area contributed by atoms with Crippen LogP contribution in [0.5, 0.6) is 0 Å². The minimum absolute atomic E-state index is 0.109. The monoisotopic (exact) mass is 733 g/mol. The predicted molar refractivity (Wildman–Crippen MR) is 243 cm³/mol. The molecule has 10 rings (SSSR count). The summed E-state index contributed by atoms with van der Waals surface area (Å²) < 4.78 is 76.1. The summed E-state index contributed by atoms with van der Waals surface area (Å²) >= 11 is 0. The summed E-state index contributed by atoms with van der Waals surface area (Å²) in [6, 6.07) is 57.4. The van der Waals surface area contributed by atoms with Gasteiger partial charge in [0.2, 0.25) is 0 Å². The molecule has 0 aromatic heterocycles. The molecule has 0 radical (unpaired) electrons. The number of hydrogen-bond donors (Lipinski definition) is 0. The summed E-state index contributed by atoms with van der Waals surface area (Å²) in [6.07, 6.45) is 0. The molecule has 57 heavy (non-hydrogen) atoms. The molecule has 1 heteroatoms. The Balaban J connectivity index is 1.23. The van der Waals surface area contributed by atoms with Crippen molar-refractivity contribution in [3.8, 4) is 55.6 Å². The van der Waals surface area contributed by atoms with Crippen LogP contribution in [0.1, 0.15) is 11.0 Å². The van der Waals surface area contributed by atoms with Crippen LogP contribution in [0, 0.1) is 0 Å². The van der Waals surface area contributed by atoms with Gasteiger partial charge >= 0.3 is 0 Å². The zero-order valence-corrected chi connectivity index (χ0v) is 30.8. The van der Waals surface area contributed by atoms with E-state index in [0.717, 1.165) is 54.9 Å². The van der Waals surface area contributed by atoms with Crippen LogP contribution >= 0.6 is 0 Å². The van der Waals surface area contributed by atoms with E-state index in [-0.39, 0.29) is 58.8 Å². The minimum atomic E-state index is -0.454. The zero-order valence-electron chi connectivity index (χ0n) is 38.8. The second-order valence-corrected chi connectivity index (χ2v) is 13.9. The number of hydrogen-bond acceptors (Lipinski definition) is 1. The third-order valence-electron chi connectivity index (χ3n) is 10.4. The highest BCUT2D eigenvalue weighted by Gasteiger charge is 2.17. The van der Waals surface area contributed by atoms with Crippen LogP contribution in [0.3, 0.4) is 0 Å². The molecular weight excluding hydrogens is 687 g/mol. The van der Waals surface area contributed by atoms with Crippen molar-refractivity contribution in [2.45, 2.75) is 0 Å². The Morgan fingerprint density at radius 1 is 0.316 bits per heavy atom. The van der Waals surface area contributed by atoms with Gasteiger partial charge in [-0.15, -0.1) is 0 Å². The van der Waals surface area contributed by atoms with Gasteiger partial charge in [-0.3, -0.25) is 0 Å². The van der Waals surface area contributed by atoms with Crippen LogP contribution in [0.4, 0.5) is 17.1 Å². The normalized spacial score (nSPS) is 13.1. The first-order chi connectivity index (χ1) is 31.6. The van der Waals surface area contributed by atoms with E-state index in [1.54, 1.807) is 24.3 Å². The molecule has 0 spiro atoms. The standard InChI is InChI=1S/C56H39N/c1-3-14-40(15-4-1)46-21-11-22-47(38-46)41-28-33-49(34-29-41)57(51-24-12-23-48(39-51)53-27-13-20-42-18-7-9-25-52(42)53)50-35-30-45(31-36-50)56-54-26-10-8-19-44(54)32-37-55(56)43-16-5-2-6-17-43/h1-39H/i12D,23D,24D,28D,29D,33D,34D,39D. The summed E-state index contributed by atoms with van der Waals surface area (Å²) in [5.74, 6) is 0. The van der Waals surface area contributed by atoms with E-state index >= 15 is 0 Å². The Hall–Kier alpha value is -7.48. The molecule has 0 aliphatic heterocycles. The molecule has 0 heterocycles. The molecule has 0 atom stereocenters. The van der Waals surface area contributed by atoms with E-state index in [2.05, 4.69) is 36.4 Å². The number of anilines is 3. The van der Waals surface area contributed by atoms with Crippen molar-refractivity contribution in [1.29, 1.82) is 0 Å². The maximum atomic E-state index is 9.91. The number of rotatable bonds is 8. The largest absolute Gasteiger partial charge is 0.310 e. The van der Waals surface area contributed by atoms with Crippen molar-refractivity contribution < 1.29 is 11.0 Å². The fourth-order valence-electron chi connectivity index (χ4n) is 7.66. The van der Waals surface area contributed by atoms with Crippen molar-refractivity contribution in [2.75, 3.05) is 4.90 Å². The summed E-state index contributed by atoms with van der Waals surface area (Å²) in [7, 11) is 0. The number of benzene rings is 10. The molecule has 0 saturated heterocycles. The maximum Gasteiger partial charge on any atom is 0.0651 e. The molecule has 10 aromatic rings. The summed E-state index contributed by atoms with van der Waals surface area (Å²) in [5.41, 5.74) is 6.98. The molecule has 0 N–H and O–H groups in total. The highest BCUT2D eigenvalue weighted by molar-refractivity contribution is 6.04. The van der Waals surface area contributed by atoms with Crippen LogP contribution < -0.4 is 4.90 Å². The fraction of sp³-hybridized carbons (Fsp3) is 0. The van der Waals surface area contributed by atoms with Gasteiger partial charge in [-0.1, -0.05) is 194 Å². The lowest BCUT2D eigenvalue weighted by molar-refractivity contribution is 1.28. The first-order valence-electron chi connectivity index (χ1n) is 22.9. The Morgan fingerprint density at radius 3 is 1.67 bits per heavy atom. The number of fused-ring (bicyclic) bond motifs is 2. The van der Waals surface area contributed by atoms with Gasteiger partial charge in [0.1, 0.15) is 0 Å². The molecule has 10 aromatic carbocycles. The fourth-order valence-corrected chi connectivity index (χ4v) is 7.66. The first kappa shape index (κ1) is 26.3. The molecule has 0 amide bonds. The van der Waals surface area contributed by atoms with Crippen LogP contribution in [-0.4, -0.2) is 0 Å². The van der Waals surface area contributed by atoms with E-state index < -0.39 is 12.1 Å². The Kier molecular flexibility index (Phi) is 6.92. The summed E-state index contributed by atoms with van der Waals surface area (Å²) in [4.78, 5) is 1.41. The smallest absolute Gasteiger partial charge is 0.0651 e. The third-order valence-corrected chi connectivity index (χ3v) is 10.4. The van der Waals surface area contributed by atoms with E-state index in [0.29, 0.717) is 16.8 Å². The Bertz CT molecular complexity index is 3430. The lowest BCUT2D eigenvalue weighted by Crippen LogP contribution is -2.10. The van der Waals surface area contributed by atoms with Gasteiger partial charge in [-0.05, 0) is 120 Å². The van der Waals surface area contributed by atoms with Crippen molar-refractivity contribution in [3.63, 3.8) is 0 Å². The first-order valence-corrected chi connectivity index (χ1v) is 18.9. The molecule has 0 fully saturated rings. The van der Waals surface area contributed by atoms with E-state index in [1.807, 2.05) is 127 Å². The predicted octanol–water partition coefficient (Wildman–Crippen LogP) is 15.8. The molecule has 0 aliphatic rings. The summed E-state index contributed by atoms with van der Waals surface area (Å²) in [6.45, 7) is 0. The molecule has 0 unspecified atom stereocenters. The van der Waals surface area contributed by atoms with E-state index in [1.165, 1.54) is 4.90 Å². The number of nitrogens with zero attached hydrogens (tertiary/aromatic N) is 1. The molecule has 268 valence electrons. The van der Waals surface area contributed by atoms with Gasteiger partial charge in [0.25, 0.3) is 0 Å². The molecule has 0 bridgehead atoms. The quantitative estimate of drug-likeness (QED) is 0.150. The van der Waals surface area contributed by atoms with Gasteiger partial charge in [0.05, 0.1) is 11.0 Å². The minimum Gasteiger partial charge on any atom is -0.310 e. The second kappa shape index (κ2) is 15.0. The van der Waals surface area contributed by atoms with E-state index in [4.69, 9.17) is 0 Å². The molecule has 0 aliphatic carbocycles. The van der Waals surface area contributed by atoms with Gasteiger partial charge in [-0.2, -0.15) is 0 Å². The Morgan fingerprint density at radius 2 is 0.912 bits per heavy atom. The van der Waals surface area contributed by atoms with Crippen molar-refractivity contribution >= 4 is 38.6 Å². The highest BCUT2D eigenvalue weighted by Crippen LogP contribution is 2.42. The molecule has 1 nitrogen and oxygen atoms in total. The van der Waals surface area contributed by atoms with Gasteiger partial charge in [0, 0.05) is 17.1 Å². The second-order valence-electron chi connectivity index (χ2n) is 13.9. The van der Waals surface area contributed by atoms with Crippen molar-refractivity contribution in [2.24, 2.45) is 0 Å². The van der Waals surface area contributed by atoms with Crippen LogP contribution in [0.15, 0.2) is 236 Å². The lowest BCUT2D eigenvalue weighted by Gasteiger charge is -2.27. The zero-order chi connectivity index (χ0) is 44.9. The average molecular weight is 734 g/mol. The van der Waals surface area contributed by atoms with E-state index in [9.17, 15) is 11.0 Å². The van der Waals surface area contributed by atoms with Crippen LogP contribution in [-0.2, 0) is 0 Å². The molecule has 0 saturated carbocycles. The third kappa shape index (κ3) is 6.66. The average Bonchev–Trinajstić information content (AvgIpc) is 3.35. The highest BCUT2D eigenvalue weighted by atomic mass is 15.1.